The zero-order valence-corrected chi connectivity index (χ0v) is 17.5. The third kappa shape index (κ3) is 7.08. The fourth-order valence-corrected chi connectivity index (χ4v) is 3.31. The predicted octanol–water partition coefficient (Wildman–Crippen LogP) is 2.59. The Hall–Kier alpha value is -1.63. The minimum atomic E-state index is -0.543. The molecule has 28 heavy (non-hydrogen) atoms. The van der Waals surface area contributed by atoms with Crippen LogP contribution in [0.25, 0.3) is 0 Å². The van der Waals surface area contributed by atoms with E-state index in [0.29, 0.717) is 13.0 Å². The van der Waals surface area contributed by atoms with Crippen LogP contribution in [0.1, 0.15) is 17.2 Å². The average molecular weight is 426 g/mol. The lowest BCUT2D eigenvalue weighted by Crippen LogP contribution is -2.47. The van der Waals surface area contributed by atoms with Gasteiger partial charge in [-0.1, -0.05) is 60.7 Å². The van der Waals surface area contributed by atoms with Crippen LogP contribution in [0.3, 0.4) is 0 Å². The topological polar surface area (TPSA) is 67.6 Å². The van der Waals surface area contributed by atoms with Crippen LogP contribution in [-0.2, 0) is 16.0 Å². The van der Waals surface area contributed by atoms with E-state index in [1.165, 1.54) is 5.56 Å². The maximum absolute atomic E-state index is 12.5. The summed E-state index contributed by atoms with van der Waals surface area (Å²) in [6.45, 7) is 3.73. The van der Waals surface area contributed by atoms with Gasteiger partial charge in [-0.3, -0.25) is 9.69 Å². The van der Waals surface area contributed by atoms with Crippen molar-refractivity contribution in [3.63, 3.8) is 0 Å². The summed E-state index contributed by atoms with van der Waals surface area (Å²) >= 11 is 0. The molecular formula is C21H29Cl2N3O2. The van der Waals surface area contributed by atoms with Gasteiger partial charge in [0.1, 0.15) is 0 Å². The molecule has 1 heterocycles. The summed E-state index contributed by atoms with van der Waals surface area (Å²) in [5, 5.41) is 3.05. The Morgan fingerprint density at radius 2 is 1.57 bits per heavy atom. The number of morpholine rings is 1. The monoisotopic (exact) mass is 425 g/mol. The van der Waals surface area contributed by atoms with E-state index in [1.807, 2.05) is 48.5 Å². The third-order valence-corrected chi connectivity index (χ3v) is 4.78. The molecule has 3 N–H and O–H groups in total. The van der Waals surface area contributed by atoms with Gasteiger partial charge in [0.05, 0.1) is 25.3 Å². The number of nitrogens with zero attached hydrogens (tertiary/aromatic N) is 1. The number of ether oxygens (including phenoxy) is 1. The van der Waals surface area contributed by atoms with Crippen molar-refractivity contribution in [1.82, 2.24) is 10.2 Å². The molecule has 7 heteroatoms. The largest absolute Gasteiger partial charge is 0.379 e. The normalized spacial score (nSPS) is 16.2. The van der Waals surface area contributed by atoms with Crippen molar-refractivity contribution < 1.29 is 9.53 Å². The molecule has 2 aromatic carbocycles. The maximum Gasteiger partial charge on any atom is 0.237 e. The van der Waals surface area contributed by atoms with E-state index in [9.17, 15) is 4.79 Å². The Kier molecular flexibility index (Phi) is 11.1. The van der Waals surface area contributed by atoms with Gasteiger partial charge < -0.3 is 15.8 Å². The van der Waals surface area contributed by atoms with Crippen molar-refractivity contribution in [1.29, 1.82) is 0 Å². The molecule has 2 unspecified atom stereocenters. The molecular weight excluding hydrogens is 397 g/mol. The van der Waals surface area contributed by atoms with Crippen molar-refractivity contribution in [2.45, 2.75) is 18.5 Å². The van der Waals surface area contributed by atoms with Gasteiger partial charge in [0, 0.05) is 19.6 Å². The van der Waals surface area contributed by atoms with E-state index in [4.69, 9.17) is 10.5 Å². The van der Waals surface area contributed by atoms with Crippen molar-refractivity contribution in [2.24, 2.45) is 5.73 Å². The molecule has 1 amide bonds. The number of nitrogens with two attached hydrogens (primary N) is 1. The fraction of sp³-hybridized carbons (Fsp3) is 0.381. The molecule has 0 spiro atoms. The first-order valence-corrected chi connectivity index (χ1v) is 9.18. The lowest BCUT2D eigenvalue weighted by atomic mass is 10.0. The van der Waals surface area contributed by atoms with Gasteiger partial charge in [0.15, 0.2) is 0 Å². The van der Waals surface area contributed by atoms with Gasteiger partial charge in [-0.25, -0.2) is 0 Å². The van der Waals surface area contributed by atoms with Gasteiger partial charge in [0.25, 0.3) is 0 Å². The number of rotatable bonds is 7. The van der Waals surface area contributed by atoms with Crippen molar-refractivity contribution in [3.8, 4) is 0 Å². The summed E-state index contributed by atoms with van der Waals surface area (Å²) in [6.07, 6.45) is 0.542. The van der Waals surface area contributed by atoms with Crippen LogP contribution in [-0.4, -0.2) is 49.7 Å². The Morgan fingerprint density at radius 3 is 2.18 bits per heavy atom. The predicted molar refractivity (Wildman–Crippen MR) is 117 cm³/mol. The van der Waals surface area contributed by atoms with E-state index in [1.54, 1.807) is 0 Å². The number of nitrogens with one attached hydrogen (secondary N) is 1. The number of halogens is 2. The molecule has 1 fully saturated rings. The van der Waals surface area contributed by atoms with E-state index < -0.39 is 6.04 Å². The minimum absolute atomic E-state index is 0. The molecule has 2 aromatic rings. The van der Waals surface area contributed by atoms with E-state index in [-0.39, 0.29) is 36.8 Å². The standard InChI is InChI=1S/C21H27N3O2.2ClH/c22-19(15-17-7-3-1-4-8-17)21(25)23-16-20(18-9-5-2-6-10-18)24-11-13-26-14-12-24;;/h1-10,19-20H,11-16,22H2,(H,23,25);2*1H. The summed E-state index contributed by atoms with van der Waals surface area (Å²) in [5.41, 5.74) is 8.38. The fourth-order valence-electron chi connectivity index (χ4n) is 3.31. The SMILES string of the molecule is Cl.Cl.NC(Cc1ccccc1)C(=O)NCC(c1ccccc1)N1CCOCC1. The molecule has 2 atom stereocenters. The number of carbonyl (C=O) groups excluding carboxylic acids is 1. The number of hydrogen-bond acceptors (Lipinski definition) is 4. The van der Waals surface area contributed by atoms with E-state index in [2.05, 4.69) is 22.3 Å². The second-order valence-corrected chi connectivity index (χ2v) is 6.62. The van der Waals surface area contributed by atoms with E-state index >= 15 is 0 Å². The van der Waals surface area contributed by atoms with Crippen LogP contribution >= 0.6 is 24.8 Å². The molecule has 0 aliphatic carbocycles. The molecule has 1 saturated heterocycles. The van der Waals surface area contributed by atoms with Crippen LogP contribution in [0.5, 0.6) is 0 Å². The Labute approximate surface area is 179 Å². The van der Waals surface area contributed by atoms with Crippen LogP contribution in [0.2, 0.25) is 0 Å². The second kappa shape index (κ2) is 12.8. The Bertz CT molecular complexity index is 683. The second-order valence-electron chi connectivity index (χ2n) is 6.62. The van der Waals surface area contributed by atoms with Crippen molar-refractivity contribution in [2.75, 3.05) is 32.8 Å². The molecule has 3 rings (SSSR count). The lowest BCUT2D eigenvalue weighted by Gasteiger charge is -2.35. The lowest BCUT2D eigenvalue weighted by molar-refractivity contribution is -0.122. The number of carbonyl (C=O) groups is 1. The maximum atomic E-state index is 12.5. The summed E-state index contributed by atoms with van der Waals surface area (Å²) in [7, 11) is 0. The molecule has 154 valence electrons. The Balaban J connectivity index is 0.00000196. The average Bonchev–Trinajstić information content (AvgIpc) is 2.70. The molecule has 0 aromatic heterocycles. The van der Waals surface area contributed by atoms with Crippen LogP contribution in [0.15, 0.2) is 60.7 Å². The highest BCUT2D eigenvalue weighted by Gasteiger charge is 2.24. The van der Waals surface area contributed by atoms with Crippen molar-refractivity contribution >= 4 is 30.7 Å². The van der Waals surface area contributed by atoms with Gasteiger partial charge >= 0.3 is 0 Å². The van der Waals surface area contributed by atoms with Gasteiger partial charge in [-0.2, -0.15) is 0 Å². The first kappa shape index (κ1) is 24.4. The summed E-state index contributed by atoms with van der Waals surface area (Å²) in [4.78, 5) is 14.8. The highest BCUT2D eigenvalue weighted by atomic mass is 35.5. The number of benzene rings is 2. The molecule has 1 aliphatic rings. The zero-order valence-electron chi connectivity index (χ0n) is 15.8. The van der Waals surface area contributed by atoms with Crippen molar-refractivity contribution in [3.05, 3.63) is 71.8 Å². The molecule has 0 bridgehead atoms. The molecule has 0 saturated carbocycles. The summed E-state index contributed by atoms with van der Waals surface area (Å²) < 4.78 is 5.47. The van der Waals surface area contributed by atoms with Gasteiger partial charge in [-0.05, 0) is 17.5 Å². The highest BCUT2D eigenvalue weighted by Crippen LogP contribution is 2.21. The smallest absolute Gasteiger partial charge is 0.237 e. The van der Waals surface area contributed by atoms with Crippen LogP contribution in [0, 0.1) is 0 Å². The van der Waals surface area contributed by atoms with E-state index in [0.717, 1.165) is 31.9 Å². The quantitative estimate of drug-likeness (QED) is 0.715. The number of hydrogen-bond donors (Lipinski definition) is 2. The van der Waals surface area contributed by atoms with Crippen LogP contribution in [0.4, 0.5) is 0 Å². The molecule has 5 nitrogen and oxygen atoms in total. The Morgan fingerprint density at radius 1 is 1.00 bits per heavy atom. The summed E-state index contributed by atoms with van der Waals surface area (Å²) in [5.74, 6) is -0.108. The van der Waals surface area contributed by atoms with Crippen LogP contribution < -0.4 is 11.1 Å². The van der Waals surface area contributed by atoms with Gasteiger partial charge in [-0.15, -0.1) is 24.8 Å². The molecule has 0 radical (unpaired) electrons. The third-order valence-electron chi connectivity index (χ3n) is 4.78. The minimum Gasteiger partial charge on any atom is -0.379 e. The molecule has 1 aliphatic heterocycles. The first-order valence-electron chi connectivity index (χ1n) is 9.18. The zero-order chi connectivity index (χ0) is 18.2. The number of amides is 1. The summed E-state index contributed by atoms with van der Waals surface area (Å²) in [6, 6.07) is 19.8. The van der Waals surface area contributed by atoms with Gasteiger partial charge in [0.2, 0.25) is 5.91 Å². The highest BCUT2D eigenvalue weighted by molar-refractivity contribution is 5.85. The first-order chi connectivity index (χ1) is 12.7.